The van der Waals surface area contributed by atoms with Gasteiger partial charge in [0, 0.05) is 41.9 Å². The van der Waals surface area contributed by atoms with Crippen LogP contribution in [0.3, 0.4) is 0 Å². The van der Waals surface area contributed by atoms with Gasteiger partial charge in [0.05, 0.1) is 5.56 Å². The number of hydrogen-bond acceptors (Lipinski definition) is 6. The molecule has 9 heteroatoms. The molecule has 0 saturated heterocycles. The summed E-state index contributed by atoms with van der Waals surface area (Å²) in [6.07, 6.45) is 1.99. The Bertz CT molecular complexity index is 1390. The van der Waals surface area contributed by atoms with E-state index >= 15 is 0 Å². The van der Waals surface area contributed by atoms with Gasteiger partial charge in [-0.3, -0.25) is 9.36 Å². The zero-order valence-corrected chi connectivity index (χ0v) is 18.0. The predicted molar refractivity (Wildman–Crippen MR) is 120 cm³/mol. The molecule has 32 heavy (non-hydrogen) atoms. The highest BCUT2D eigenvalue weighted by Gasteiger charge is 2.31. The molecule has 0 atom stereocenters. The number of amides is 1. The number of carbonyl (C=O) groups is 1. The van der Waals surface area contributed by atoms with Crippen LogP contribution in [0.25, 0.3) is 22.4 Å². The number of aromatic nitrogens is 3. The third-order valence-electron chi connectivity index (χ3n) is 5.20. The molecule has 0 radical (unpaired) electrons. The smallest absolute Gasteiger partial charge is 0.336 e. The second-order valence-electron chi connectivity index (χ2n) is 7.66. The largest absolute Gasteiger partial charge is 0.423 e. The van der Waals surface area contributed by atoms with Crippen molar-refractivity contribution >= 4 is 34.3 Å². The Morgan fingerprint density at radius 3 is 2.78 bits per heavy atom. The zero-order chi connectivity index (χ0) is 22.2. The first kappa shape index (κ1) is 20.4. The summed E-state index contributed by atoms with van der Waals surface area (Å²) in [5, 5.41) is 12.7. The standard InChI is InChI=1S/C23H19FN4O3S/c1-13(29)25-15-6-9-17-14(10-21(30)31-20(17)11-15)12-32-23-27-26-22(28(23)16-7-8-16)18-4-2-3-5-19(18)24/h2-6,9-11,16H,7-8,12H2,1H3,(H,25,29). The number of nitrogens with one attached hydrogen (secondary N) is 1. The third-order valence-corrected chi connectivity index (χ3v) is 6.19. The van der Waals surface area contributed by atoms with Crippen molar-refractivity contribution in [1.29, 1.82) is 0 Å². The summed E-state index contributed by atoms with van der Waals surface area (Å²) in [5.41, 5.74) is 1.70. The molecule has 1 aliphatic carbocycles. The molecule has 5 rings (SSSR count). The van der Waals surface area contributed by atoms with E-state index in [9.17, 15) is 14.0 Å². The van der Waals surface area contributed by atoms with Crippen LogP contribution in [0.4, 0.5) is 10.1 Å². The second kappa shape index (κ2) is 8.23. The van der Waals surface area contributed by atoms with Crippen LogP contribution >= 0.6 is 11.8 Å². The van der Waals surface area contributed by atoms with Crippen molar-refractivity contribution in [3.05, 3.63) is 70.3 Å². The van der Waals surface area contributed by atoms with Gasteiger partial charge in [-0.1, -0.05) is 23.9 Å². The average molecular weight is 450 g/mol. The van der Waals surface area contributed by atoms with E-state index in [1.54, 1.807) is 30.3 Å². The van der Waals surface area contributed by atoms with Gasteiger partial charge in [-0.25, -0.2) is 9.18 Å². The van der Waals surface area contributed by atoms with Gasteiger partial charge in [-0.2, -0.15) is 0 Å². The Morgan fingerprint density at radius 1 is 1.22 bits per heavy atom. The van der Waals surface area contributed by atoms with Crippen LogP contribution in [-0.4, -0.2) is 20.7 Å². The lowest BCUT2D eigenvalue weighted by molar-refractivity contribution is -0.114. The number of fused-ring (bicyclic) bond motifs is 1. The van der Waals surface area contributed by atoms with Crippen LogP contribution < -0.4 is 10.9 Å². The summed E-state index contributed by atoms with van der Waals surface area (Å²) in [4.78, 5) is 23.4. The molecule has 0 unspecified atom stereocenters. The molecular formula is C23H19FN4O3S. The minimum atomic E-state index is -0.469. The lowest BCUT2D eigenvalue weighted by Crippen LogP contribution is -2.06. The van der Waals surface area contributed by atoms with Gasteiger partial charge in [-0.15, -0.1) is 10.2 Å². The van der Waals surface area contributed by atoms with Crippen LogP contribution in [0.2, 0.25) is 0 Å². The first-order valence-corrected chi connectivity index (χ1v) is 11.1. The quantitative estimate of drug-likeness (QED) is 0.336. The van der Waals surface area contributed by atoms with Crippen molar-refractivity contribution in [3.8, 4) is 11.4 Å². The Morgan fingerprint density at radius 2 is 2.03 bits per heavy atom. The van der Waals surface area contributed by atoms with E-state index in [-0.39, 0.29) is 17.8 Å². The molecule has 2 aromatic carbocycles. The molecule has 162 valence electrons. The van der Waals surface area contributed by atoms with Crippen molar-refractivity contribution in [2.75, 3.05) is 5.32 Å². The van der Waals surface area contributed by atoms with Crippen LogP contribution in [0.5, 0.6) is 0 Å². The van der Waals surface area contributed by atoms with Crippen LogP contribution in [-0.2, 0) is 10.5 Å². The second-order valence-corrected chi connectivity index (χ2v) is 8.60. The van der Waals surface area contributed by atoms with E-state index in [2.05, 4.69) is 15.5 Å². The fourth-order valence-electron chi connectivity index (χ4n) is 3.64. The number of nitrogens with zero attached hydrogens (tertiary/aromatic N) is 3. The maximum Gasteiger partial charge on any atom is 0.336 e. The summed E-state index contributed by atoms with van der Waals surface area (Å²) in [5.74, 6) is 0.443. The molecule has 0 bridgehead atoms. The Balaban J connectivity index is 1.47. The number of thioether (sulfide) groups is 1. The topological polar surface area (TPSA) is 90.0 Å². The number of carbonyl (C=O) groups excluding carboxylic acids is 1. The summed E-state index contributed by atoms with van der Waals surface area (Å²) < 4.78 is 21.7. The molecule has 7 nitrogen and oxygen atoms in total. The molecule has 1 N–H and O–H groups in total. The Labute approximate surface area is 186 Å². The van der Waals surface area contributed by atoms with Crippen molar-refractivity contribution < 1.29 is 13.6 Å². The maximum absolute atomic E-state index is 14.4. The van der Waals surface area contributed by atoms with E-state index in [0.29, 0.717) is 33.6 Å². The third kappa shape index (κ3) is 4.03. The van der Waals surface area contributed by atoms with Crippen molar-refractivity contribution in [2.45, 2.75) is 36.7 Å². The summed E-state index contributed by atoms with van der Waals surface area (Å²) in [6.45, 7) is 1.42. The van der Waals surface area contributed by atoms with E-state index in [1.165, 1.54) is 30.8 Å². The van der Waals surface area contributed by atoms with Gasteiger partial charge in [0.25, 0.3) is 0 Å². The number of benzene rings is 2. The van der Waals surface area contributed by atoms with Crippen LogP contribution in [0.15, 0.2) is 62.9 Å². The van der Waals surface area contributed by atoms with Crippen LogP contribution in [0, 0.1) is 5.82 Å². The molecule has 2 aromatic heterocycles. The molecule has 1 saturated carbocycles. The molecule has 4 aromatic rings. The van der Waals surface area contributed by atoms with E-state index in [1.807, 2.05) is 10.6 Å². The van der Waals surface area contributed by atoms with Gasteiger partial charge in [0.15, 0.2) is 11.0 Å². The van der Waals surface area contributed by atoms with Crippen molar-refractivity contribution in [2.24, 2.45) is 0 Å². The van der Waals surface area contributed by atoms with E-state index in [4.69, 9.17) is 4.42 Å². The molecule has 1 amide bonds. The number of halogens is 1. The molecule has 1 aliphatic rings. The van der Waals surface area contributed by atoms with Gasteiger partial charge in [0.1, 0.15) is 11.4 Å². The van der Waals surface area contributed by atoms with E-state index in [0.717, 1.165) is 23.8 Å². The Hall–Kier alpha value is -3.46. The first-order valence-electron chi connectivity index (χ1n) is 10.2. The SMILES string of the molecule is CC(=O)Nc1ccc2c(CSc3nnc(-c4ccccc4F)n3C3CC3)cc(=O)oc2c1. The van der Waals surface area contributed by atoms with Gasteiger partial charge in [-0.05, 0) is 42.7 Å². The van der Waals surface area contributed by atoms with Crippen LogP contribution in [0.1, 0.15) is 31.4 Å². The monoisotopic (exact) mass is 450 g/mol. The highest BCUT2D eigenvalue weighted by molar-refractivity contribution is 7.98. The van der Waals surface area contributed by atoms with E-state index < -0.39 is 5.63 Å². The first-order chi connectivity index (χ1) is 15.5. The highest BCUT2D eigenvalue weighted by atomic mass is 32.2. The minimum absolute atomic E-state index is 0.205. The fraction of sp³-hybridized carbons (Fsp3) is 0.217. The van der Waals surface area contributed by atoms with Gasteiger partial charge >= 0.3 is 5.63 Å². The Kier molecular flexibility index (Phi) is 5.26. The summed E-state index contributed by atoms with van der Waals surface area (Å²) in [6, 6.07) is 13.5. The highest BCUT2D eigenvalue weighted by Crippen LogP contribution is 2.42. The number of anilines is 1. The molecular weight excluding hydrogens is 431 g/mol. The molecule has 1 fully saturated rings. The average Bonchev–Trinajstić information content (AvgIpc) is 3.51. The number of hydrogen-bond donors (Lipinski definition) is 1. The summed E-state index contributed by atoms with van der Waals surface area (Å²) >= 11 is 1.44. The minimum Gasteiger partial charge on any atom is -0.423 e. The van der Waals surface area contributed by atoms with Crippen molar-refractivity contribution in [1.82, 2.24) is 14.8 Å². The normalized spacial score (nSPS) is 13.4. The van der Waals surface area contributed by atoms with Gasteiger partial charge < -0.3 is 9.73 Å². The lowest BCUT2D eigenvalue weighted by atomic mass is 10.1. The molecule has 2 heterocycles. The molecule has 0 aliphatic heterocycles. The lowest BCUT2D eigenvalue weighted by Gasteiger charge is -2.10. The molecule has 0 spiro atoms. The zero-order valence-electron chi connectivity index (χ0n) is 17.2. The fourth-order valence-corrected chi connectivity index (χ4v) is 4.63. The predicted octanol–water partition coefficient (Wildman–Crippen LogP) is 4.78. The van der Waals surface area contributed by atoms with Gasteiger partial charge in [0.2, 0.25) is 5.91 Å². The maximum atomic E-state index is 14.4. The van der Waals surface area contributed by atoms with Crippen molar-refractivity contribution in [3.63, 3.8) is 0 Å². The summed E-state index contributed by atoms with van der Waals surface area (Å²) in [7, 11) is 0. The number of rotatable bonds is 6.